The molecule has 0 saturated heterocycles. The second-order valence-corrected chi connectivity index (χ2v) is 3.98. The predicted octanol–water partition coefficient (Wildman–Crippen LogP) is 2.00. The lowest BCUT2D eigenvalue weighted by atomic mass is 10.3. The van der Waals surface area contributed by atoms with Crippen LogP contribution in [-0.4, -0.2) is 11.2 Å². The Balaban J connectivity index is 2.63. The van der Waals surface area contributed by atoms with Crippen molar-refractivity contribution >= 4 is 21.6 Å². The zero-order valence-corrected chi connectivity index (χ0v) is 8.93. The fourth-order valence-corrected chi connectivity index (χ4v) is 2.22. The average Bonchev–Trinajstić information content (AvgIpc) is 2.45. The van der Waals surface area contributed by atoms with Gasteiger partial charge >= 0.3 is 4.87 Å². The van der Waals surface area contributed by atoms with Crippen LogP contribution < -0.4 is 9.61 Å². The van der Waals surface area contributed by atoms with E-state index in [1.54, 1.807) is 11.6 Å². The molecule has 2 aromatic rings. The fraction of sp³-hybridized carbons (Fsp3) is 0.300. The number of aromatic nitrogens is 1. The highest BCUT2D eigenvalue weighted by Crippen LogP contribution is 2.22. The van der Waals surface area contributed by atoms with E-state index in [1.165, 1.54) is 11.3 Å². The van der Waals surface area contributed by atoms with E-state index in [9.17, 15) is 4.79 Å². The van der Waals surface area contributed by atoms with Gasteiger partial charge in [0.1, 0.15) is 5.75 Å². The minimum absolute atomic E-state index is 0.0636. The Morgan fingerprint density at radius 1 is 1.50 bits per heavy atom. The molecule has 0 radical (unpaired) electrons. The lowest BCUT2D eigenvalue weighted by Gasteiger charge is -2.02. The van der Waals surface area contributed by atoms with E-state index < -0.39 is 0 Å². The Labute approximate surface area is 85.6 Å². The molecule has 0 amide bonds. The Kier molecular flexibility index (Phi) is 2.29. The number of aryl methyl sites for hydroxylation is 1. The van der Waals surface area contributed by atoms with Crippen molar-refractivity contribution in [2.45, 2.75) is 6.92 Å². The van der Waals surface area contributed by atoms with Gasteiger partial charge in [0.15, 0.2) is 0 Å². The topological polar surface area (TPSA) is 31.2 Å². The molecule has 3 nitrogen and oxygen atoms in total. The highest BCUT2D eigenvalue weighted by molar-refractivity contribution is 7.16. The van der Waals surface area contributed by atoms with Gasteiger partial charge in [0.25, 0.3) is 0 Å². The van der Waals surface area contributed by atoms with E-state index in [0.29, 0.717) is 6.61 Å². The molecule has 0 N–H and O–H groups in total. The quantitative estimate of drug-likeness (QED) is 0.757. The first-order chi connectivity index (χ1) is 6.72. The second-order valence-electron chi connectivity index (χ2n) is 2.99. The molecule has 0 spiro atoms. The van der Waals surface area contributed by atoms with E-state index in [2.05, 4.69) is 0 Å². The predicted molar refractivity (Wildman–Crippen MR) is 58.2 cm³/mol. The van der Waals surface area contributed by atoms with Crippen LogP contribution in [0.15, 0.2) is 23.0 Å². The molecule has 0 aliphatic heterocycles. The van der Waals surface area contributed by atoms with Crippen LogP contribution in [-0.2, 0) is 7.05 Å². The maximum absolute atomic E-state index is 11.3. The summed E-state index contributed by atoms with van der Waals surface area (Å²) < 4.78 is 8.01. The number of hydrogen-bond donors (Lipinski definition) is 0. The van der Waals surface area contributed by atoms with E-state index in [1.807, 2.05) is 25.1 Å². The molecule has 2 rings (SSSR count). The largest absolute Gasteiger partial charge is 0.494 e. The number of rotatable bonds is 2. The second kappa shape index (κ2) is 3.46. The van der Waals surface area contributed by atoms with Crippen LogP contribution in [0.4, 0.5) is 0 Å². The Morgan fingerprint density at radius 2 is 2.29 bits per heavy atom. The van der Waals surface area contributed by atoms with Crippen molar-refractivity contribution in [1.29, 1.82) is 0 Å². The molecule has 1 aromatic carbocycles. The summed E-state index contributed by atoms with van der Waals surface area (Å²) in [6.07, 6.45) is 0. The minimum Gasteiger partial charge on any atom is -0.494 e. The van der Waals surface area contributed by atoms with Gasteiger partial charge in [-0.2, -0.15) is 0 Å². The summed E-state index contributed by atoms with van der Waals surface area (Å²) >= 11 is 1.26. The summed E-state index contributed by atoms with van der Waals surface area (Å²) in [6, 6.07) is 5.71. The van der Waals surface area contributed by atoms with Crippen LogP contribution in [0.1, 0.15) is 6.92 Å². The number of benzene rings is 1. The molecule has 0 fully saturated rings. The van der Waals surface area contributed by atoms with Gasteiger partial charge < -0.3 is 9.30 Å². The first-order valence-corrected chi connectivity index (χ1v) is 5.26. The number of fused-ring (bicyclic) bond motifs is 1. The van der Waals surface area contributed by atoms with Crippen molar-refractivity contribution in [2.75, 3.05) is 6.61 Å². The lowest BCUT2D eigenvalue weighted by molar-refractivity contribution is 0.340. The summed E-state index contributed by atoms with van der Waals surface area (Å²) in [5, 5.41) is 0. The third-order valence-electron chi connectivity index (χ3n) is 2.07. The highest BCUT2D eigenvalue weighted by Gasteiger charge is 2.04. The van der Waals surface area contributed by atoms with Gasteiger partial charge in [-0.3, -0.25) is 4.79 Å². The zero-order chi connectivity index (χ0) is 10.1. The minimum atomic E-state index is 0.0636. The third kappa shape index (κ3) is 1.42. The van der Waals surface area contributed by atoms with Gasteiger partial charge in [-0.1, -0.05) is 11.3 Å². The molecular weight excluding hydrogens is 198 g/mol. The molecule has 14 heavy (non-hydrogen) atoms. The van der Waals surface area contributed by atoms with E-state index in [-0.39, 0.29) is 4.87 Å². The molecule has 0 aliphatic rings. The molecule has 0 atom stereocenters. The van der Waals surface area contributed by atoms with E-state index in [0.717, 1.165) is 16.0 Å². The monoisotopic (exact) mass is 209 g/mol. The molecule has 4 heteroatoms. The summed E-state index contributed by atoms with van der Waals surface area (Å²) in [4.78, 5) is 11.4. The zero-order valence-electron chi connectivity index (χ0n) is 8.11. The van der Waals surface area contributed by atoms with Gasteiger partial charge in [0.05, 0.1) is 16.8 Å². The van der Waals surface area contributed by atoms with Crippen molar-refractivity contribution in [3.05, 3.63) is 27.9 Å². The third-order valence-corrected chi connectivity index (χ3v) is 3.09. The standard InChI is InChI=1S/C10H11NO2S/c1-3-13-7-4-5-9-8(6-7)11(2)10(12)14-9/h4-6H,3H2,1-2H3. The summed E-state index contributed by atoms with van der Waals surface area (Å²) in [5.74, 6) is 0.813. The molecule has 74 valence electrons. The normalized spacial score (nSPS) is 10.7. The van der Waals surface area contributed by atoms with Crippen LogP contribution in [0.3, 0.4) is 0 Å². The van der Waals surface area contributed by atoms with Crippen LogP contribution in [0.25, 0.3) is 10.2 Å². The Hall–Kier alpha value is -1.29. The maximum Gasteiger partial charge on any atom is 0.307 e. The average molecular weight is 209 g/mol. The summed E-state index contributed by atoms with van der Waals surface area (Å²) in [5.41, 5.74) is 0.936. The molecule has 0 unspecified atom stereocenters. The van der Waals surface area contributed by atoms with Gasteiger partial charge in [-0.25, -0.2) is 0 Å². The lowest BCUT2D eigenvalue weighted by Crippen LogP contribution is -2.06. The highest BCUT2D eigenvalue weighted by atomic mass is 32.1. The van der Waals surface area contributed by atoms with Crippen LogP contribution in [0, 0.1) is 0 Å². The van der Waals surface area contributed by atoms with Gasteiger partial charge in [-0.05, 0) is 19.1 Å². The van der Waals surface area contributed by atoms with Gasteiger partial charge in [-0.15, -0.1) is 0 Å². The number of nitrogens with zero attached hydrogens (tertiary/aromatic N) is 1. The van der Waals surface area contributed by atoms with Crippen LogP contribution in [0.5, 0.6) is 5.75 Å². The molecule has 1 heterocycles. The Morgan fingerprint density at radius 3 is 3.00 bits per heavy atom. The maximum atomic E-state index is 11.3. The summed E-state index contributed by atoms with van der Waals surface area (Å²) in [6.45, 7) is 2.58. The Bertz CT molecular complexity index is 512. The first kappa shape index (κ1) is 9.27. The summed E-state index contributed by atoms with van der Waals surface area (Å²) in [7, 11) is 1.77. The van der Waals surface area contributed by atoms with Gasteiger partial charge in [0, 0.05) is 13.1 Å². The van der Waals surface area contributed by atoms with E-state index >= 15 is 0 Å². The van der Waals surface area contributed by atoms with E-state index in [4.69, 9.17) is 4.74 Å². The molecule has 0 aliphatic carbocycles. The van der Waals surface area contributed by atoms with Crippen molar-refractivity contribution in [2.24, 2.45) is 7.05 Å². The van der Waals surface area contributed by atoms with Crippen molar-refractivity contribution in [1.82, 2.24) is 4.57 Å². The first-order valence-electron chi connectivity index (χ1n) is 4.44. The van der Waals surface area contributed by atoms with Crippen molar-refractivity contribution in [3.63, 3.8) is 0 Å². The molecule has 0 saturated carbocycles. The molecule has 0 bridgehead atoms. The van der Waals surface area contributed by atoms with Crippen molar-refractivity contribution < 1.29 is 4.74 Å². The molecular formula is C10H11NO2S. The van der Waals surface area contributed by atoms with Crippen LogP contribution >= 0.6 is 11.3 Å². The molecule has 1 aromatic heterocycles. The van der Waals surface area contributed by atoms with Crippen molar-refractivity contribution in [3.8, 4) is 5.75 Å². The SMILES string of the molecule is CCOc1ccc2sc(=O)n(C)c2c1. The van der Waals surface area contributed by atoms with Crippen LogP contribution in [0.2, 0.25) is 0 Å². The van der Waals surface area contributed by atoms with Gasteiger partial charge in [0.2, 0.25) is 0 Å². The smallest absolute Gasteiger partial charge is 0.307 e. The number of ether oxygens (including phenoxy) is 1. The number of thiazole rings is 1. The fourth-order valence-electron chi connectivity index (χ4n) is 1.36. The number of hydrogen-bond acceptors (Lipinski definition) is 3.